The number of anilines is 3. The average Bonchev–Trinajstić information content (AvgIpc) is 2.84. The predicted molar refractivity (Wildman–Crippen MR) is 125 cm³/mol. The van der Waals surface area contributed by atoms with Gasteiger partial charge in [0.2, 0.25) is 5.91 Å². The number of rotatable bonds is 6. The number of nitrogens with one attached hydrogen (secondary N) is 2. The summed E-state index contributed by atoms with van der Waals surface area (Å²) in [5.41, 5.74) is 2.33. The van der Waals surface area contributed by atoms with Crippen LogP contribution in [0.1, 0.15) is 31.4 Å². The Bertz CT molecular complexity index is 935. The molecule has 2 aliphatic rings. The van der Waals surface area contributed by atoms with Crippen molar-refractivity contribution in [3.8, 4) is 0 Å². The molecule has 2 aromatic heterocycles. The zero-order valence-corrected chi connectivity index (χ0v) is 19.3. The standard InChI is InChI=1S/C24H31F3N6O/c1-32-10-6-17(7-11-32)23(34)30-14-19-2-3-20(15-28-19)31-21-4-5-22(29-16-21)33-12-8-18(9-13-33)24(25,26)27/h2-5,15-18,31H,6-14H2,1H3,(H,30,34). The van der Waals surface area contributed by atoms with Gasteiger partial charge < -0.3 is 20.4 Å². The van der Waals surface area contributed by atoms with Gasteiger partial charge >= 0.3 is 6.18 Å². The van der Waals surface area contributed by atoms with Crippen molar-refractivity contribution in [3.05, 3.63) is 42.4 Å². The second kappa shape index (κ2) is 10.6. The molecule has 10 heteroatoms. The summed E-state index contributed by atoms with van der Waals surface area (Å²) in [7, 11) is 2.07. The van der Waals surface area contributed by atoms with Gasteiger partial charge in [-0.05, 0) is 70.1 Å². The Morgan fingerprint density at radius 1 is 0.971 bits per heavy atom. The van der Waals surface area contributed by atoms with Crippen LogP contribution in [0.5, 0.6) is 0 Å². The Hall–Kier alpha value is -2.88. The van der Waals surface area contributed by atoms with E-state index >= 15 is 0 Å². The summed E-state index contributed by atoms with van der Waals surface area (Å²) in [5.74, 6) is -0.378. The molecule has 2 fully saturated rings. The van der Waals surface area contributed by atoms with Gasteiger partial charge in [-0.1, -0.05) is 0 Å². The molecule has 0 aromatic carbocycles. The molecule has 0 spiro atoms. The minimum absolute atomic E-state index is 0.0728. The lowest BCUT2D eigenvalue weighted by Gasteiger charge is -2.33. The van der Waals surface area contributed by atoms with Gasteiger partial charge in [-0.3, -0.25) is 9.78 Å². The van der Waals surface area contributed by atoms with Crippen molar-refractivity contribution in [2.24, 2.45) is 11.8 Å². The van der Waals surface area contributed by atoms with Gasteiger partial charge in [0.15, 0.2) is 0 Å². The Kier molecular flexibility index (Phi) is 7.55. The first kappa shape index (κ1) is 24.3. The van der Waals surface area contributed by atoms with Gasteiger partial charge in [0.05, 0.1) is 41.9 Å². The van der Waals surface area contributed by atoms with Gasteiger partial charge in [0.1, 0.15) is 5.82 Å². The zero-order valence-electron chi connectivity index (χ0n) is 19.3. The lowest BCUT2D eigenvalue weighted by atomic mass is 9.96. The third-order valence-corrected chi connectivity index (χ3v) is 6.68. The van der Waals surface area contributed by atoms with Crippen molar-refractivity contribution in [3.63, 3.8) is 0 Å². The van der Waals surface area contributed by atoms with Crippen molar-refractivity contribution >= 4 is 23.1 Å². The molecule has 0 saturated carbocycles. The molecule has 2 N–H and O–H groups in total. The number of nitrogens with zero attached hydrogens (tertiary/aromatic N) is 4. The van der Waals surface area contributed by atoms with Gasteiger partial charge in [0, 0.05) is 19.0 Å². The van der Waals surface area contributed by atoms with E-state index < -0.39 is 12.1 Å². The van der Waals surface area contributed by atoms with E-state index in [9.17, 15) is 18.0 Å². The SMILES string of the molecule is CN1CCC(C(=O)NCc2ccc(Nc3ccc(N4CCC(C(F)(F)F)CC4)nc3)cn2)CC1. The van der Waals surface area contributed by atoms with Crippen molar-refractivity contribution in [2.45, 2.75) is 38.4 Å². The summed E-state index contributed by atoms with van der Waals surface area (Å²) < 4.78 is 38.6. The molecule has 4 rings (SSSR count). The van der Waals surface area contributed by atoms with Crippen LogP contribution in [0, 0.1) is 11.8 Å². The van der Waals surface area contributed by atoms with E-state index in [1.807, 2.05) is 29.2 Å². The Morgan fingerprint density at radius 2 is 1.62 bits per heavy atom. The largest absolute Gasteiger partial charge is 0.391 e. The van der Waals surface area contributed by atoms with Gasteiger partial charge in [0.25, 0.3) is 0 Å². The average molecular weight is 477 g/mol. The highest BCUT2D eigenvalue weighted by Gasteiger charge is 2.41. The molecular formula is C24H31F3N6O. The summed E-state index contributed by atoms with van der Waals surface area (Å²) in [6, 6.07) is 7.42. The number of carbonyl (C=O) groups excluding carboxylic acids is 1. The lowest BCUT2D eigenvalue weighted by molar-refractivity contribution is -0.179. The number of amides is 1. The predicted octanol–water partition coefficient (Wildman–Crippen LogP) is 3.96. The maximum Gasteiger partial charge on any atom is 0.391 e. The molecule has 184 valence electrons. The fourth-order valence-electron chi connectivity index (χ4n) is 4.45. The second-order valence-electron chi connectivity index (χ2n) is 9.17. The van der Waals surface area contributed by atoms with Crippen molar-refractivity contribution < 1.29 is 18.0 Å². The van der Waals surface area contributed by atoms with E-state index in [4.69, 9.17) is 0 Å². The zero-order chi connectivity index (χ0) is 24.1. The fourth-order valence-corrected chi connectivity index (χ4v) is 4.45. The third-order valence-electron chi connectivity index (χ3n) is 6.68. The first-order valence-electron chi connectivity index (χ1n) is 11.7. The second-order valence-corrected chi connectivity index (χ2v) is 9.17. The number of halogens is 3. The number of hydrogen-bond acceptors (Lipinski definition) is 6. The quantitative estimate of drug-likeness (QED) is 0.658. The van der Waals surface area contributed by atoms with E-state index in [-0.39, 0.29) is 24.7 Å². The highest BCUT2D eigenvalue weighted by molar-refractivity contribution is 5.78. The Morgan fingerprint density at radius 3 is 2.18 bits per heavy atom. The van der Waals surface area contributed by atoms with Gasteiger partial charge in [-0.2, -0.15) is 13.2 Å². The Labute approximate surface area is 197 Å². The van der Waals surface area contributed by atoms with Crippen LogP contribution in [0.3, 0.4) is 0 Å². The van der Waals surface area contributed by atoms with E-state index in [2.05, 4.69) is 32.5 Å². The molecule has 34 heavy (non-hydrogen) atoms. The summed E-state index contributed by atoms with van der Waals surface area (Å²) >= 11 is 0. The summed E-state index contributed by atoms with van der Waals surface area (Å²) in [6.07, 6.45) is 1.22. The van der Waals surface area contributed by atoms with Crippen LogP contribution in [0.4, 0.5) is 30.4 Å². The maximum absolute atomic E-state index is 12.9. The molecular weight excluding hydrogens is 445 g/mol. The van der Waals surface area contributed by atoms with E-state index in [1.165, 1.54) is 0 Å². The van der Waals surface area contributed by atoms with E-state index in [0.29, 0.717) is 25.5 Å². The van der Waals surface area contributed by atoms with Crippen LogP contribution >= 0.6 is 0 Å². The maximum atomic E-state index is 12.9. The van der Waals surface area contributed by atoms with Crippen molar-refractivity contribution in [2.75, 3.05) is 43.4 Å². The molecule has 2 aliphatic heterocycles. The minimum Gasteiger partial charge on any atom is -0.357 e. The van der Waals surface area contributed by atoms with Crippen molar-refractivity contribution in [1.29, 1.82) is 0 Å². The van der Waals surface area contributed by atoms with Crippen LogP contribution in [0.2, 0.25) is 0 Å². The van der Waals surface area contributed by atoms with Crippen LogP contribution < -0.4 is 15.5 Å². The molecule has 0 bridgehead atoms. The topological polar surface area (TPSA) is 73.4 Å². The Balaban J connectivity index is 1.24. The van der Waals surface area contributed by atoms with E-state index in [0.717, 1.165) is 43.0 Å². The number of alkyl halides is 3. The van der Waals surface area contributed by atoms with Crippen LogP contribution in [-0.2, 0) is 11.3 Å². The van der Waals surface area contributed by atoms with Gasteiger partial charge in [-0.15, -0.1) is 0 Å². The molecule has 2 aromatic rings. The van der Waals surface area contributed by atoms with E-state index in [1.54, 1.807) is 12.4 Å². The van der Waals surface area contributed by atoms with Gasteiger partial charge in [-0.25, -0.2) is 4.98 Å². The monoisotopic (exact) mass is 476 g/mol. The summed E-state index contributed by atoms with van der Waals surface area (Å²) in [5, 5.41) is 6.21. The molecule has 0 unspecified atom stereocenters. The number of pyridine rings is 2. The fraction of sp³-hybridized carbons (Fsp3) is 0.542. The van der Waals surface area contributed by atoms with Crippen LogP contribution in [-0.4, -0.2) is 60.2 Å². The van der Waals surface area contributed by atoms with Crippen molar-refractivity contribution in [1.82, 2.24) is 20.2 Å². The molecule has 0 radical (unpaired) electrons. The number of aromatic nitrogens is 2. The highest BCUT2D eigenvalue weighted by atomic mass is 19.4. The first-order chi connectivity index (χ1) is 16.3. The molecule has 2 saturated heterocycles. The van der Waals surface area contributed by atoms with Crippen LogP contribution in [0.15, 0.2) is 36.7 Å². The highest BCUT2D eigenvalue weighted by Crippen LogP contribution is 2.35. The minimum atomic E-state index is -4.12. The number of likely N-dealkylation sites (tertiary alicyclic amines) is 1. The molecule has 1 amide bonds. The molecule has 0 atom stereocenters. The normalized spacial score (nSPS) is 18.6. The molecule has 4 heterocycles. The number of piperidine rings is 2. The first-order valence-corrected chi connectivity index (χ1v) is 11.7. The number of hydrogen-bond donors (Lipinski definition) is 2. The number of carbonyl (C=O) groups is 1. The molecule has 7 nitrogen and oxygen atoms in total. The molecule has 0 aliphatic carbocycles. The lowest BCUT2D eigenvalue weighted by Crippen LogP contribution is -2.39. The summed E-state index contributed by atoms with van der Waals surface area (Å²) in [6.45, 7) is 2.99. The van der Waals surface area contributed by atoms with Crippen LogP contribution in [0.25, 0.3) is 0 Å². The third kappa shape index (κ3) is 6.37. The summed E-state index contributed by atoms with van der Waals surface area (Å²) in [4.78, 5) is 25.3. The smallest absolute Gasteiger partial charge is 0.357 e.